The molecule has 2 heterocycles. The van der Waals surface area contributed by atoms with Gasteiger partial charge in [0.2, 0.25) is 5.89 Å². The molecule has 0 atom stereocenters. The molecule has 140 valence electrons. The van der Waals surface area contributed by atoms with Gasteiger partial charge in [0, 0.05) is 16.8 Å². The van der Waals surface area contributed by atoms with Gasteiger partial charge in [0.25, 0.3) is 11.8 Å². The van der Waals surface area contributed by atoms with Crippen molar-refractivity contribution in [2.24, 2.45) is 0 Å². The summed E-state index contributed by atoms with van der Waals surface area (Å²) < 4.78 is 10.9. The number of benzene rings is 2. The largest absolute Gasteiger partial charge is 0.459 e. The van der Waals surface area contributed by atoms with Crippen molar-refractivity contribution in [3.63, 3.8) is 0 Å². The van der Waals surface area contributed by atoms with E-state index in [9.17, 15) is 4.79 Å². The maximum Gasteiger partial charge on any atom is 0.283 e. The SMILES string of the molecule is CC(C)c1ccc(C(=O)Nc2cccc(-c3nnc(-c4ccco4)o3)c2)cc1. The minimum absolute atomic E-state index is 0.172. The Balaban J connectivity index is 1.51. The Morgan fingerprint density at radius 1 is 0.964 bits per heavy atom. The number of hydrogen-bond acceptors (Lipinski definition) is 5. The van der Waals surface area contributed by atoms with Crippen LogP contribution in [0.2, 0.25) is 0 Å². The molecule has 0 aliphatic carbocycles. The minimum atomic E-state index is -0.172. The van der Waals surface area contributed by atoms with E-state index >= 15 is 0 Å². The highest BCUT2D eigenvalue weighted by Gasteiger charge is 2.13. The number of rotatable bonds is 5. The average molecular weight is 373 g/mol. The second-order valence-corrected chi connectivity index (χ2v) is 6.70. The fourth-order valence-electron chi connectivity index (χ4n) is 2.79. The Morgan fingerprint density at radius 2 is 1.75 bits per heavy atom. The molecule has 6 heteroatoms. The van der Waals surface area contributed by atoms with Gasteiger partial charge in [0.15, 0.2) is 5.76 Å². The zero-order chi connectivity index (χ0) is 19.5. The molecular weight excluding hydrogens is 354 g/mol. The second-order valence-electron chi connectivity index (χ2n) is 6.70. The van der Waals surface area contributed by atoms with E-state index in [2.05, 4.69) is 29.4 Å². The molecule has 2 aromatic heterocycles. The van der Waals surface area contributed by atoms with Gasteiger partial charge in [-0.05, 0) is 53.9 Å². The number of aromatic nitrogens is 2. The van der Waals surface area contributed by atoms with Crippen molar-refractivity contribution in [1.29, 1.82) is 0 Å². The van der Waals surface area contributed by atoms with Crippen LogP contribution in [0.4, 0.5) is 5.69 Å². The fourth-order valence-corrected chi connectivity index (χ4v) is 2.79. The number of carbonyl (C=O) groups is 1. The number of carbonyl (C=O) groups excluding carboxylic acids is 1. The van der Waals surface area contributed by atoms with Gasteiger partial charge in [-0.25, -0.2) is 0 Å². The lowest BCUT2D eigenvalue weighted by molar-refractivity contribution is 0.102. The van der Waals surface area contributed by atoms with Crippen LogP contribution in [0.3, 0.4) is 0 Å². The average Bonchev–Trinajstić information content (AvgIpc) is 3.40. The number of hydrogen-bond donors (Lipinski definition) is 1. The number of nitrogens with zero attached hydrogens (tertiary/aromatic N) is 2. The molecule has 0 aliphatic rings. The molecule has 4 aromatic rings. The first-order chi connectivity index (χ1) is 13.6. The number of furan rings is 1. The molecule has 0 bridgehead atoms. The van der Waals surface area contributed by atoms with Crippen molar-refractivity contribution in [2.75, 3.05) is 5.32 Å². The summed E-state index contributed by atoms with van der Waals surface area (Å²) in [5, 5.41) is 11.0. The summed E-state index contributed by atoms with van der Waals surface area (Å²) in [5.74, 6) is 1.42. The van der Waals surface area contributed by atoms with Crippen LogP contribution < -0.4 is 5.32 Å². The summed E-state index contributed by atoms with van der Waals surface area (Å²) in [6.07, 6.45) is 1.54. The van der Waals surface area contributed by atoms with E-state index in [0.29, 0.717) is 40.3 Å². The molecule has 0 radical (unpaired) electrons. The molecule has 4 rings (SSSR count). The number of anilines is 1. The summed E-state index contributed by atoms with van der Waals surface area (Å²) in [4.78, 5) is 12.5. The van der Waals surface area contributed by atoms with Crippen LogP contribution in [0.1, 0.15) is 35.7 Å². The van der Waals surface area contributed by atoms with E-state index in [1.165, 1.54) is 5.56 Å². The van der Waals surface area contributed by atoms with Crippen LogP contribution >= 0.6 is 0 Å². The first kappa shape index (κ1) is 17.7. The molecule has 1 N–H and O–H groups in total. The third-order valence-corrected chi connectivity index (χ3v) is 4.36. The zero-order valence-electron chi connectivity index (χ0n) is 15.5. The molecule has 2 aromatic carbocycles. The van der Waals surface area contributed by atoms with Crippen molar-refractivity contribution >= 4 is 11.6 Å². The Morgan fingerprint density at radius 3 is 2.46 bits per heavy atom. The Bertz CT molecular complexity index is 1080. The van der Waals surface area contributed by atoms with Gasteiger partial charge in [0.1, 0.15) is 0 Å². The van der Waals surface area contributed by atoms with Gasteiger partial charge in [-0.1, -0.05) is 32.0 Å². The van der Waals surface area contributed by atoms with Crippen LogP contribution in [0, 0.1) is 0 Å². The standard InChI is InChI=1S/C22H19N3O3/c1-14(2)15-8-10-16(11-9-15)20(26)23-18-6-3-5-17(13-18)21-24-25-22(28-21)19-7-4-12-27-19/h3-14H,1-2H3,(H,23,26). The normalized spacial score (nSPS) is 11.0. The van der Waals surface area contributed by atoms with Crippen LogP contribution in [0.5, 0.6) is 0 Å². The predicted molar refractivity (Wildman–Crippen MR) is 106 cm³/mol. The molecule has 1 amide bonds. The Kier molecular flexibility index (Phi) is 4.76. The highest BCUT2D eigenvalue weighted by molar-refractivity contribution is 6.04. The molecule has 0 saturated heterocycles. The summed E-state index contributed by atoms with van der Waals surface area (Å²) in [5.41, 5.74) is 3.15. The van der Waals surface area contributed by atoms with E-state index in [0.717, 1.165) is 0 Å². The third-order valence-electron chi connectivity index (χ3n) is 4.36. The zero-order valence-corrected chi connectivity index (χ0v) is 15.5. The quantitative estimate of drug-likeness (QED) is 0.508. The monoisotopic (exact) mass is 373 g/mol. The summed E-state index contributed by atoms with van der Waals surface area (Å²) >= 11 is 0. The Hall–Kier alpha value is -3.67. The first-order valence-corrected chi connectivity index (χ1v) is 8.99. The van der Waals surface area contributed by atoms with E-state index in [1.54, 1.807) is 24.5 Å². The molecule has 0 fully saturated rings. The molecular formula is C22H19N3O3. The van der Waals surface area contributed by atoms with Gasteiger partial charge in [-0.15, -0.1) is 10.2 Å². The summed E-state index contributed by atoms with van der Waals surface area (Å²) in [6.45, 7) is 4.24. The van der Waals surface area contributed by atoms with E-state index in [1.807, 2.05) is 42.5 Å². The van der Waals surface area contributed by atoms with Crippen molar-refractivity contribution in [3.05, 3.63) is 78.1 Å². The van der Waals surface area contributed by atoms with Crippen LogP contribution in [0.15, 0.2) is 75.8 Å². The molecule has 0 aliphatic heterocycles. The molecule has 28 heavy (non-hydrogen) atoms. The van der Waals surface area contributed by atoms with Crippen LogP contribution in [-0.2, 0) is 0 Å². The van der Waals surface area contributed by atoms with Crippen molar-refractivity contribution < 1.29 is 13.6 Å². The number of nitrogens with one attached hydrogen (secondary N) is 1. The highest BCUT2D eigenvalue weighted by atomic mass is 16.4. The summed E-state index contributed by atoms with van der Waals surface area (Å²) in [6, 6.07) is 18.4. The topological polar surface area (TPSA) is 81.2 Å². The fraction of sp³-hybridized carbons (Fsp3) is 0.136. The smallest absolute Gasteiger partial charge is 0.283 e. The van der Waals surface area contributed by atoms with Gasteiger partial charge in [-0.2, -0.15) is 0 Å². The van der Waals surface area contributed by atoms with Gasteiger partial charge < -0.3 is 14.2 Å². The highest BCUT2D eigenvalue weighted by Crippen LogP contribution is 2.26. The Labute approximate surface area is 162 Å². The second kappa shape index (κ2) is 7.52. The lowest BCUT2D eigenvalue weighted by Crippen LogP contribution is -2.11. The molecule has 0 spiro atoms. The maximum atomic E-state index is 12.5. The van der Waals surface area contributed by atoms with Crippen molar-refractivity contribution in [3.8, 4) is 23.1 Å². The molecule has 0 saturated carbocycles. The van der Waals surface area contributed by atoms with E-state index in [4.69, 9.17) is 8.83 Å². The van der Waals surface area contributed by atoms with Gasteiger partial charge in [-0.3, -0.25) is 4.79 Å². The lowest BCUT2D eigenvalue weighted by atomic mass is 10.0. The van der Waals surface area contributed by atoms with Crippen LogP contribution in [-0.4, -0.2) is 16.1 Å². The first-order valence-electron chi connectivity index (χ1n) is 8.99. The third kappa shape index (κ3) is 3.71. The van der Waals surface area contributed by atoms with Crippen molar-refractivity contribution in [2.45, 2.75) is 19.8 Å². The van der Waals surface area contributed by atoms with Gasteiger partial charge >= 0.3 is 0 Å². The van der Waals surface area contributed by atoms with E-state index in [-0.39, 0.29) is 5.91 Å². The maximum absolute atomic E-state index is 12.5. The molecule has 6 nitrogen and oxygen atoms in total. The predicted octanol–water partition coefficient (Wildman–Crippen LogP) is 5.37. The van der Waals surface area contributed by atoms with Crippen molar-refractivity contribution in [1.82, 2.24) is 10.2 Å². The van der Waals surface area contributed by atoms with Gasteiger partial charge in [0.05, 0.1) is 6.26 Å². The van der Waals surface area contributed by atoms with Crippen LogP contribution in [0.25, 0.3) is 23.1 Å². The van der Waals surface area contributed by atoms with E-state index < -0.39 is 0 Å². The lowest BCUT2D eigenvalue weighted by Gasteiger charge is -2.08. The number of amides is 1. The molecule has 0 unspecified atom stereocenters. The summed E-state index contributed by atoms with van der Waals surface area (Å²) in [7, 11) is 0. The minimum Gasteiger partial charge on any atom is -0.459 e.